The second kappa shape index (κ2) is 5.33. The molecule has 0 fully saturated rings. The number of hydrogen-bond donors (Lipinski definition) is 3. The molecule has 0 aliphatic rings. The van der Waals surface area contributed by atoms with Crippen LogP contribution in [0.4, 0.5) is 4.39 Å². The summed E-state index contributed by atoms with van der Waals surface area (Å²) in [7, 11) is 1.34. The number of phenols is 1. The van der Waals surface area contributed by atoms with Crippen LogP contribution in [0.3, 0.4) is 0 Å². The molecule has 1 aromatic rings. The summed E-state index contributed by atoms with van der Waals surface area (Å²) < 4.78 is 18.8. The molecule has 0 aromatic heterocycles. The maximum atomic E-state index is 13.9. The molecule has 0 radical (unpaired) electrons. The molecular weight excluding hydrogens is 225 g/mol. The van der Waals surface area contributed by atoms with Crippen molar-refractivity contribution < 1.29 is 19.3 Å². The highest BCUT2D eigenvalue weighted by atomic mass is 19.1. The van der Waals surface area contributed by atoms with Crippen LogP contribution in [0, 0.1) is 19.7 Å². The van der Waals surface area contributed by atoms with Crippen molar-refractivity contribution in [3.8, 4) is 11.5 Å². The number of aromatic hydroxyl groups is 1. The first-order valence-corrected chi connectivity index (χ1v) is 5.39. The molecule has 1 aromatic carbocycles. The van der Waals surface area contributed by atoms with E-state index < -0.39 is 11.9 Å². The molecule has 1 unspecified atom stereocenters. The molecule has 0 spiro atoms. The Labute approximate surface area is 99.8 Å². The number of aliphatic hydroxyl groups excluding tert-OH is 1. The summed E-state index contributed by atoms with van der Waals surface area (Å²) in [5, 5.41) is 19.8. The van der Waals surface area contributed by atoms with Gasteiger partial charge >= 0.3 is 0 Å². The van der Waals surface area contributed by atoms with Gasteiger partial charge in [0.1, 0.15) is 5.82 Å². The highest BCUT2D eigenvalue weighted by molar-refractivity contribution is 5.55. The van der Waals surface area contributed by atoms with Crippen LogP contribution in [0.5, 0.6) is 11.5 Å². The number of aliphatic hydroxyl groups is 1. The standard InChI is InChI=1S/C12H18FNO3/c1-6-9(8(15)4-5-14)11(16)12(17-3)7(2)10(6)13/h8,15-16H,4-5,14H2,1-3H3. The minimum absolute atomic E-state index is 0.0548. The number of methoxy groups -OCH3 is 1. The van der Waals surface area contributed by atoms with Gasteiger partial charge in [0.05, 0.1) is 13.2 Å². The Bertz CT molecular complexity index is 421. The smallest absolute Gasteiger partial charge is 0.166 e. The topological polar surface area (TPSA) is 75.7 Å². The minimum Gasteiger partial charge on any atom is -0.504 e. The van der Waals surface area contributed by atoms with Gasteiger partial charge in [0, 0.05) is 11.1 Å². The molecule has 0 amide bonds. The van der Waals surface area contributed by atoms with E-state index in [-0.39, 0.29) is 41.2 Å². The van der Waals surface area contributed by atoms with Crippen LogP contribution >= 0.6 is 0 Å². The Morgan fingerprint density at radius 2 is 1.94 bits per heavy atom. The molecule has 96 valence electrons. The van der Waals surface area contributed by atoms with Crippen molar-refractivity contribution >= 4 is 0 Å². The summed E-state index contributed by atoms with van der Waals surface area (Å²) in [4.78, 5) is 0. The van der Waals surface area contributed by atoms with E-state index in [1.54, 1.807) is 0 Å². The van der Waals surface area contributed by atoms with Crippen LogP contribution < -0.4 is 10.5 Å². The van der Waals surface area contributed by atoms with Crippen LogP contribution in [0.15, 0.2) is 0 Å². The average molecular weight is 243 g/mol. The normalized spacial score (nSPS) is 12.6. The molecule has 0 aliphatic carbocycles. The number of benzene rings is 1. The Hall–Kier alpha value is -1.33. The quantitative estimate of drug-likeness (QED) is 0.749. The molecular formula is C12H18FNO3. The maximum Gasteiger partial charge on any atom is 0.166 e. The summed E-state index contributed by atoms with van der Waals surface area (Å²) in [6.45, 7) is 3.27. The van der Waals surface area contributed by atoms with Crippen molar-refractivity contribution in [1.29, 1.82) is 0 Å². The lowest BCUT2D eigenvalue weighted by molar-refractivity contribution is 0.164. The first-order chi connectivity index (χ1) is 7.95. The van der Waals surface area contributed by atoms with Crippen LogP contribution in [-0.2, 0) is 0 Å². The highest BCUT2D eigenvalue weighted by Crippen LogP contribution is 2.41. The van der Waals surface area contributed by atoms with E-state index >= 15 is 0 Å². The van der Waals surface area contributed by atoms with Gasteiger partial charge in [-0.1, -0.05) is 0 Å². The van der Waals surface area contributed by atoms with E-state index in [9.17, 15) is 14.6 Å². The lowest BCUT2D eigenvalue weighted by atomic mass is 9.96. The summed E-state index contributed by atoms with van der Waals surface area (Å²) in [6, 6.07) is 0. The number of hydrogen-bond acceptors (Lipinski definition) is 4. The van der Waals surface area contributed by atoms with Gasteiger partial charge in [0.2, 0.25) is 0 Å². The van der Waals surface area contributed by atoms with Crippen LogP contribution in [0.25, 0.3) is 0 Å². The third kappa shape index (κ3) is 2.35. The maximum absolute atomic E-state index is 13.9. The van der Waals surface area contributed by atoms with Crippen molar-refractivity contribution in [3.63, 3.8) is 0 Å². The summed E-state index contributed by atoms with van der Waals surface area (Å²) in [5.41, 5.74) is 5.94. The Balaban J connectivity index is 3.44. The number of halogens is 1. The first kappa shape index (κ1) is 13.7. The van der Waals surface area contributed by atoms with Gasteiger partial charge in [-0.25, -0.2) is 4.39 Å². The summed E-state index contributed by atoms with van der Waals surface area (Å²) in [5.74, 6) is -0.644. The van der Waals surface area contributed by atoms with Crippen molar-refractivity contribution in [2.45, 2.75) is 26.4 Å². The zero-order valence-electron chi connectivity index (χ0n) is 10.2. The number of nitrogens with two attached hydrogens (primary N) is 1. The molecule has 1 rings (SSSR count). The molecule has 0 saturated carbocycles. The van der Waals surface area contributed by atoms with Gasteiger partial charge in [-0.2, -0.15) is 0 Å². The Morgan fingerprint density at radius 3 is 2.41 bits per heavy atom. The van der Waals surface area contributed by atoms with E-state index in [4.69, 9.17) is 10.5 Å². The highest BCUT2D eigenvalue weighted by Gasteiger charge is 2.24. The second-order valence-corrected chi connectivity index (χ2v) is 3.95. The molecule has 0 bridgehead atoms. The number of rotatable bonds is 4. The lowest BCUT2D eigenvalue weighted by Gasteiger charge is -2.19. The Morgan fingerprint density at radius 1 is 1.35 bits per heavy atom. The molecule has 0 heterocycles. The van der Waals surface area contributed by atoms with Crippen LogP contribution in [0.2, 0.25) is 0 Å². The lowest BCUT2D eigenvalue weighted by Crippen LogP contribution is -2.10. The fourth-order valence-electron chi connectivity index (χ4n) is 1.94. The first-order valence-electron chi connectivity index (χ1n) is 5.39. The fraction of sp³-hybridized carbons (Fsp3) is 0.500. The fourth-order valence-corrected chi connectivity index (χ4v) is 1.94. The van der Waals surface area contributed by atoms with E-state index in [0.29, 0.717) is 0 Å². The van der Waals surface area contributed by atoms with E-state index in [1.807, 2.05) is 0 Å². The zero-order valence-corrected chi connectivity index (χ0v) is 10.2. The van der Waals surface area contributed by atoms with Crippen molar-refractivity contribution in [2.75, 3.05) is 13.7 Å². The van der Waals surface area contributed by atoms with E-state index in [2.05, 4.69) is 0 Å². The number of ether oxygens (including phenoxy) is 1. The van der Waals surface area contributed by atoms with Gasteiger partial charge in [0.25, 0.3) is 0 Å². The molecule has 17 heavy (non-hydrogen) atoms. The zero-order chi connectivity index (χ0) is 13.2. The summed E-state index contributed by atoms with van der Waals surface area (Å²) >= 11 is 0. The van der Waals surface area contributed by atoms with Crippen LogP contribution in [0.1, 0.15) is 29.2 Å². The van der Waals surface area contributed by atoms with Crippen LogP contribution in [-0.4, -0.2) is 23.9 Å². The predicted octanol–water partition coefficient (Wildman–Crippen LogP) is 1.54. The molecule has 0 saturated heterocycles. The average Bonchev–Trinajstić information content (AvgIpc) is 2.27. The van der Waals surface area contributed by atoms with Gasteiger partial charge < -0.3 is 20.7 Å². The molecule has 5 heteroatoms. The molecule has 4 N–H and O–H groups in total. The predicted molar refractivity (Wildman–Crippen MR) is 62.7 cm³/mol. The van der Waals surface area contributed by atoms with E-state index in [0.717, 1.165) is 0 Å². The van der Waals surface area contributed by atoms with Gasteiger partial charge in [0.15, 0.2) is 11.5 Å². The van der Waals surface area contributed by atoms with Gasteiger partial charge in [-0.3, -0.25) is 0 Å². The van der Waals surface area contributed by atoms with Gasteiger partial charge in [-0.05, 0) is 32.4 Å². The largest absolute Gasteiger partial charge is 0.504 e. The summed E-state index contributed by atoms with van der Waals surface area (Å²) in [6.07, 6.45) is -0.746. The monoisotopic (exact) mass is 243 g/mol. The van der Waals surface area contributed by atoms with E-state index in [1.165, 1.54) is 21.0 Å². The third-order valence-electron chi connectivity index (χ3n) is 2.85. The molecule has 1 atom stereocenters. The van der Waals surface area contributed by atoms with Crippen molar-refractivity contribution in [1.82, 2.24) is 0 Å². The van der Waals surface area contributed by atoms with Crippen molar-refractivity contribution in [2.24, 2.45) is 5.73 Å². The Kier molecular flexibility index (Phi) is 4.31. The number of phenolic OH excluding ortho intramolecular Hbond substituents is 1. The minimum atomic E-state index is -0.996. The van der Waals surface area contributed by atoms with Crippen molar-refractivity contribution in [3.05, 3.63) is 22.5 Å². The second-order valence-electron chi connectivity index (χ2n) is 3.95. The SMILES string of the molecule is COc1c(C)c(F)c(C)c(C(O)CCN)c1O. The molecule has 0 aliphatic heterocycles. The third-order valence-corrected chi connectivity index (χ3v) is 2.85. The molecule has 4 nitrogen and oxygen atoms in total. The van der Waals surface area contributed by atoms with Gasteiger partial charge in [-0.15, -0.1) is 0 Å².